The Hall–Kier alpha value is -9.16. The Morgan fingerprint density at radius 2 is 0.906 bits per heavy atom. The number of nitrogens with two attached hydrogens (primary N) is 1. The third-order valence-electron chi connectivity index (χ3n) is 13.0. The molecule has 0 saturated heterocycles. The maximum atomic E-state index is 14.4. The third kappa shape index (κ3) is 24.3. The molecular formula is C55H72N10O19S. The van der Waals surface area contributed by atoms with Crippen LogP contribution >= 0.6 is 12.6 Å². The van der Waals surface area contributed by atoms with Gasteiger partial charge in [-0.05, 0) is 60.2 Å². The molecule has 0 aliphatic heterocycles. The molecule has 9 amide bonds. The summed E-state index contributed by atoms with van der Waals surface area (Å²) in [5.74, 6) is -14.9. The van der Waals surface area contributed by atoms with Crippen LogP contribution in [0.1, 0.15) is 69.6 Å². The van der Waals surface area contributed by atoms with Crippen molar-refractivity contribution in [3.05, 3.63) is 95.6 Å². The average molecular weight is 1210 g/mol. The van der Waals surface area contributed by atoms with Gasteiger partial charge >= 0.3 is 17.9 Å². The van der Waals surface area contributed by atoms with Crippen LogP contribution < -0.4 is 53.6 Å². The molecule has 0 radical (unpaired) electrons. The Morgan fingerprint density at radius 1 is 0.494 bits per heavy atom. The number of carbonyl (C=O) groups is 13. The summed E-state index contributed by atoms with van der Waals surface area (Å²) >= 11 is 4.26. The van der Waals surface area contributed by atoms with E-state index in [-0.39, 0.29) is 37.0 Å². The summed E-state index contributed by atoms with van der Waals surface area (Å²) < 4.78 is 0. The fraction of sp³-hybridized carbons (Fsp3) is 0.436. The summed E-state index contributed by atoms with van der Waals surface area (Å²) in [4.78, 5) is 170. The molecule has 3 aromatic rings. The van der Waals surface area contributed by atoms with Crippen molar-refractivity contribution in [2.24, 2.45) is 11.7 Å². The van der Waals surface area contributed by atoms with Crippen LogP contribution in [0.5, 0.6) is 11.5 Å². The first-order chi connectivity index (χ1) is 40.2. The van der Waals surface area contributed by atoms with Gasteiger partial charge in [0.2, 0.25) is 53.2 Å². The molecular weight excluding hydrogens is 1140 g/mol. The summed E-state index contributed by atoms with van der Waals surface area (Å²) in [6.07, 6.45) is -3.29. The molecule has 0 bridgehead atoms. The van der Waals surface area contributed by atoms with Crippen LogP contribution in [0, 0.1) is 5.92 Å². The number of carboxylic acids is 3. The summed E-state index contributed by atoms with van der Waals surface area (Å²) in [6, 6.07) is 3.22. The van der Waals surface area contributed by atoms with Crippen LogP contribution in [0.25, 0.3) is 0 Å². The fourth-order valence-corrected chi connectivity index (χ4v) is 8.27. The van der Waals surface area contributed by atoms with Gasteiger partial charge in [0.25, 0.3) is 0 Å². The highest BCUT2D eigenvalue weighted by atomic mass is 32.1. The zero-order chi connectivity index (χ0) is 63.5. The second-order valence-electron chi connectivity index (χ2n) is 19.8. The minimum Gasteiger partial charge on any atom is -0.508 e. The quantitative estimate of drug-likeness (QED) is 0.0202. The number of aliphatic hydroxyl groups excluding tert-OH is 1. The van der Waals surface area contributed by atoms with E-state index in [0.29, 0.717) is 23.1 Å². The van der Waals surface area contributed by atoms with Crippen LogP contribution in [-0.4, -0.2) is 181 Å². The standard InChI is InChI=1S/C55H72N10O19S/c1-4-28(2)46(65-48(77)36(56)24-45(74)75)55(84)62-40(22-32-12-16-35(69)17-13-32)52(81)64-42(27-85)54(83)61-39(21-31-10-14-34(68)15-11-31)50(79)59-37(18-19-43(70)71)49(78)57-29(3)47(76)60-38(20-30-8-6-5-7-9-30)51(80)63-41(26-67)53(82)58-33(25-66)23-44(72)73/h5-17,25,28-29,33,36-42,46,67-69,85H,4,18-24,26-27,56H2,1-3H3,(H,57,78)(H,58,82)(H,59,79)(H,60,76)(H,61,83)(H,62,84)(H,63,80)(H,64,81)(H,65,77)(H,70,71)(H,72,73)(H,74,75)/t28-,29-,33-,36-,37-,38-,39-,40-,41-,42-,46-/m0/s1. The molecule has 0 fully saturated rings. The molecule has 462 valence electrons. The molecule has 0 aliphatic rings. The number of phenols is 2. The zero-order valence-corrected chi connectivity index (χ0v) is 47.4. The second-order valence-corrected chi connectivity index (χ2v) is 20.1. The van der Waals surface area contributed by atoms with Crippen molar-refractivity contribution in [2.75, 3.05) is 12.4 Å². The van der Waals surface area contributed by atoms with Crippen molar-refractivity contribution in [1.82, 2.24) is 47.9 Å². The van der Waals surface area contributed by atoms with E-state index in [1.54, 1.807) is 44.2 Å². The average Bonchev–Trinajstić information content (AvgIpc) is 3.55. The van der Waals surface area contributed by atoms with Crippen LogP contribution in [0.3, 0.4) is 0 Å². The summed E-state index contributed by atoms with van der Waals surface area (Å²) in [5.41, 5.74) is 6.97. The monoisotopic (exact) mass is 1210 g/mol. The second kappa shape index (κ2) is 35.1. The molecule has 0 aliphatic carbocycles. The number of aldehydes is 1. The normalized spacial score (nSPS) is 14.8. The number of aliphatic hydroxyl groups is 1. The molecule has 29 nitrogen and oxygen atoms in total. The van der Waals surface area contributed by atoms with E-state index in [9.17, 15) is 82.8 Å². The van der Waals surface area contributed by atoms with Gasteiger partial charge in [0.1, 0.15) is 66.1 Å². The number of rotatable bonds is 36. The smallest absolute Gasteiger partial charge is 0.305 e. The number of nitrogens with one attached hydrogen (secondary N) is 9. The van der Waals surface area contributed by atoms with Gasteiger partial charge in [-0.1, -0.05) is 74.9 Å². The van der Waals surface area contributed by atoms with E-state index in [1.165, 1.54) is 55.5 Å². The van der Waals surface area contributed by atoms with Crippen LogP contribution in [0.4, 0.5) is 0 Å². The minimum absolute atomic E-state index is 0.126. The molecule has 0 saturated carbocycles. The largest absolute Gasteiger partial charge is 0.508 e. The Bertz CT molecular complexity index is 2830. The maximum Gasteiger partial charge on any atom is 0.305 e. The van der Waals surface area contributed by atoms with Gasteiger partial charge in [0, 0.05) is 31.4 Å². The number of thiol groups is 1. The number of aliphatic carboxylic acids is 3. The van der Waals surface area contributed by atoms with Gasteiger partial charge in [-0.15, -0.1) is 0 Å². The molecule has 0 unspecified atom stereocenters. The lowest BCUT2D eigenvalue weighted by molar-refractivity contribution is -0.140. The van der Waals surface area contributed by atoms with Gasteiger partial charge in [-0.2, -0.15) is 12.6 Å². The Kier molecular flexibility index (Phi) is 28.9. The number of aromatic hydroxyl groups is 2. The summed E-state index contributed by atoms with van der Waals surface area (Å²) in [7, 11) is 0. The fourth-order valence-electron chi connectivity index (χ4n) is 8.01. The van der Waals surface area contributed by atoms with Crippen LogP contribution in [0.2, 0.25) is 0 Å². The van der Waals surface area contributed by atoms with E-state index in [4.69, 9.17) is 15.9 Å². The predicted molar refractivity (Wildman–Crippen MR) is 303 cm³/mol. The maximum absolute atomic E-state index is 14.4. The molecule has 3 rings (SSSR count). The van der Waals surface area contributed by atoms with Crippen molar-refractivity contribution in [2.45, 2.75) is 133 Å². The number of phenolic OH excluding ortho intramolecular Hbond substituents is 2. The lowest BCUT2D eigenvalue weighted by Gasteiger charge is -2.28. The number of hydrogen-bond donors (Lipinski definition) is 17. The molecule has 17 N–H and O–H groups in total. The molecule has 0 spiro atoms. The number of amides is 9. The minimum atomic E-state index is -1.75. The summed E-state index contributed by atoms with van der Waals surface area (Å²) in [5, 5.41) is 79.3. The van der Waals surface area contributed by atoms with Crippen molar-refractivity contribution in [3.8, 4) is 11.5 Å². The predicted octanol–water partition coefficient (Wildman–Crippen LogP) is -3.18. The van der Waals surface area contributed by atoms with E-state index in [2.05, 4.69) is 60.5 Å². The van der Waals surface area contributed by atoms with Crippen LogP contribution in [0.15, 0.2) is 78.9 Å². The molecule has 3 aromatic carbocycles. The first-order valence-corrected chi connectivity index (χ1v) is 27.2. The zero-order valence-electron chi connectivity index (χ0n) is 46.5. The number of hydrogen-bond acceptors (Lipinski definition) is 18. The highest BCUT2D eigenvalue weighted by molar-refractivity contribution is 7.80. The van der Waals surface area contributed by atoms with Gasteiger partial charge in [0.15, 0.2) is 0 Å². The number of carboxylic acid groups (broad SMARTS) is 3. The highest BCUT2D eigenvalue weighted by Crippen LogP contribution is 2.16. The molecule has 85 heavy (non-hydrogen) atoms. The van der Waals surface area contributed by atoms with Crippen molar-refractivity contribution in [1.29, 1.82) is 0 Å². The number of benzene rings is 3. The van der Waals surface area contributed by atoms with Gasteiger partial charge in [0.05, 0.1) is 31.5 Å². The van der Waals surface area contributed by atoms with E-state index < -0.39 is 175 Å². The van der Waals surface area contributed by atoms with Gasteiger partial charge in [-0.25, -0.2) is 0 Å². The Balaban J connectivity index is 1.91. The molecule has 30 heteroatoms. The molecule has 11 atom stereocenters. The Labute approximate surface area is 492 Å². The topological polar surface area (TPSA) is 478 Å². The van der Waals surface area contributed by atoms with E-state index >= 15 is 0 Å². The summed E-state index contributed by atoms with van der Waals surface area (Å²) in [6.45, 7) is 3.46. The van der Waals surface area contributed by atoms with E-state index in [0.717, 1.165) is 0 Å². The first kappa shape index (κ1) is 70.1. The molecule has 0 heterocycles. The Morgan fingerprint density at radius 3 is 1.35 bits per heavy atom. The van der Waals surface area contributed by atoms with E-state index in [1.807, 2.05) is 0 Å². The van der Waals surface area contributed by atoms with Crippen LogP contribution in [-0.2, 0) is 81.6 Å². The van der Waals surface area contributed by atoms with Crippen molar-refractivity contribution < 1.29 is 93.0 Å². The lowest BCUT2D eigenvalue weighted by atomic mass is 9.96. The molecule has 0 aromatic heterocycles. The number of carbonyl (C=O) groups excluding carboxylic acids is 10. The highest BCUT2D eigenvalue weighted by Gasteiger charge is 2.36. The SMILES string of the molecule is CC[C@H](C)[C@H](NC(=O)[C@@H](N)CC(=O)O)C(=O)N[C@@H](Cc1ccc(O)cc1)C(=O)N[C@@H](CS)C(=O)N[C@@H](Cc1ccc(O)cc1)C(=O)N[C@@H](CCC(=O)O)C(=O)N[C@@H](C)C(=O)N[C@@H](Cc1ccccc1)C(=O)N[C@@H](CO)C(=O)N[C@H](C=O)CC(=O)O. The van der Waals surface area contributed by atoms with Gasteiger partial charge < -0.3 is 89.0 Å². The lowest BCUT2D eigenvalue weighted by Crippen LogP contribution is -2.61. The first-order valence-electron chi connectivity index (χ1n) is 26.6. The van der Waals surface area contributed by atoms with Crippen molar-refractivity contribution >= 4 is 90.0 Å². The van der Waals surface area contributed by atoms with Crippen molar-refractivity contribution in [3.63, 3.8) is 0 Å². The van der Waals surface area contributed by atoms with Gasteiger partial charge in [-0.3, -0.25) is 57.5 Å². The third-order valence-corrected chi connectivity index (χ3v) is 13.4.